The lowest BCUT2D eigenvalue weighted by atomic mass is 10.0. The van der Waals surface area contributed by atoms with Gasteiger partial charge in [-0.15, -0.1) is 0 Å². The summed E-state index contributed by atoms with van der Waals surface area (Å²) in [6, 6.07) is 7.88. The van der Waals surface area contributed by atoms with Gasteiger partial charge in [-0.3, -0.25) is 9.59 Å². The lowest BCUT2D eigenvalue weighted by Crippen LogP contribution is -2.44. The van der Waals surface area contributed by atoms with Crippen LogP contribution in [0.15, 0.2) is 24.3 Å². The van der Waals surface area contributed by atoms with Gasteiger partial charge in [-0.05, 0) is 30.9 Å². The molecule has 0 unspecified atom stereocenters. The van der Waals surface area contributed by atoms with Gasteiger partial charge < -0.3 is 14.5 Å². The predicted octanol–water partition coefficient (Wildman–Crippen LogP) is 2.24. The highest BCUT2D eigenvalue weighted by atomic mass is 16.5. The molecular weight excluding hydrogens is 304 g/mol. The summed E-state index contributed by atoms with van der Waals surface area (Å²) in [5, 5.41) is 0. The molecule has 24 heavy (non-hydrogen) atoms. The number of anilines is 1. The Morgan fingerprint density at radius 3 is 2.96 bits per heavy atom. The van der Waals surface area contributed by atoms with E-state index in [0.717, 1.165) is 56.8 Å². The van der Waals surface area contributed by atoms with Gasteiger partial charge in [-0.25, -0.2) is 0 Å². The summed E-state index contributed by atoms with van der Waals surface area (Å²) in [6.07, 6.45) is 3.25. The van der Waals surface area contributed by atoms with Gasteiger partial charge in [0, 0.05) is 37.7 Å². The minimum Gasteiger partial charge on any atom is -0.381 e. The van der Waals surface area contributed by atoms with Crippen LogP contribution in [0.5, 0.6) is 0 Å². The van der Waals surface area contributed by atoms with Crippen molar-refractivity contribution in [1.82, 2.24) is 4.90 Å². The number of fused-ring (bicyclic) bond motifs is 1. The molecular formula is C19H26N2O3. The molecule has 3 rings (SSSR count). The van der Waals surface area contributed by atoms with Crippen LogP contribution in [0.1, 0.15) is 31.7 Å². The van der Waals surface area contributed by atoms with Crippen LogP contribution in [-0.4, -0.2) is 49.6 Å². The second kappa shape index (κ2) is 7.79. The van der Waals surface area contributed by atoms with Gasteiger partial charge in [0.15, 0.2) is 0 Å². The van der Waals surface area contributed by atoms with Crippen molar-refractivity contribution in [1.29, 1.82) is 0 Å². The van der Waals surface area contributed by atoms with Gasteiger partial charge >= 0.3 is 0 Å². The van der Waals surface area contributed by atoms with E-state index in [1.54, 1.807) is 4.90 Å². The van der Waals surface area contributed by atoms with E-state index in [-0.39, 0.29) is 18.4 Å². The molecule has 0 spiro atoms. The molecule has 0 saturated carbocycles. The summed E-state index contributed by atoms with van der Waals surface area (Å²) < 4.78 is 5.61. The van der Waals surface area contributed by atoms with Crippen molar-refractivity contribution in [3.05, 3.63) is 29.8 Å². The molecule has 1 aromatic carbocycles. The van der Waals surface area contributed by atoms with Crippen LogP contribution >= 0.6 is 0 Å². The molecule has 0 radical (unpaired) electrons. The zero-order valence-electron chi connectivity index (χ0n) is 14.4. The second-order valence-electron chi connectivity index (χ2n) is 6.68. The molecule has 2 aliphatic rings. The van der Waals surface area contributed by atoms with E-state index in [0.29, 0.717) is 12.3 Å². The van der Waals surface area contributed by atoms with Crippen molar-refractivity contribution in [2.45, 2.75) is 32.6 Å². The minimum atomic E-state index is 0.0399. The number of hydrogen-bond donors (Lipinski definition) is 0. The zero-order chi connectivity index (χ0) is 16.9. The summed E-state index contributed by atoms with van der Waals surface area (Å²) in [4.78, 5) is 28.5. The maximum atomic E-state index is 12.6. The van der Waals surface area contributed by atoms with Crippen molar-refractivity contribution in [3.8, 4) is 0 Å². The lowest BCUT2D eigenvalue weighted by molar-refractivity contribution is -0.130. The molecule has 1 fully saturated rings. The first-order chi connectivity index (χ1) is 11.7. The maximum Gasteiger partial charge on any atom is 0.242 e. The Bertz CT molecular complexity index is 602. The SMILES string of the molecule is CCCOC[C@H]1CCN(C(=O)CN2C(=O)CCc3ccccc32)C1. The smallest absolute Gasteiger partial charge is 0.242 e. The molecule has 0 aliphatic carbocycles. The van der Waals surface area contributed by atoms with Gasteiger partial charge in [-0.1, -0.05) is 25.1 Å². The Morgan fingerprint density at radius 2 is 2.12 bits per heavy atom. The van der Waals surface area contributed by atoms with Crippen molar-refractivity contribution in [2.75, 3.05) is 37.7 Å². The first-order valence-electron chi connectivity index (χ1n) is 8.92. The van der Waals surface area contributed by atoms with Crippen LogP contribution in [0.2, 0.25) is 0 Å². The van der Waals surface area contributed by atoms with E-state index in [1.807, 2.05) is 29.2 Å². The van der Waals surface area contributed by atoms with Gasteiger partial charge in [0.25, 0.3) is 0 Å². The first-order valence-corrected chi connectivity index (χ1v) is 8.92. The number of amides is 2. The Morgan fingerprint density at radius 1 is 1.29 bits per heavy atom. The van der Waals surface area contributed by atoms with Crippen molar-refractivity contribution in [2.24, 2.45) is 5.92 Å². The molecule has 1 atom stereocenters. The number of carbonyl (C=O) groups is 2. The highest BCUT2D eigenvalue weighted by Gasteiger charge is 2.30. The summed E-state index contributed by atoms with van der Waals surface area (Å²) in [5.74, 6) is 0.506. The van der Waals surface area contributed by atoms with E-state index in [1.165, 1.54) is 0 Å². The Hall–Kier alpha value is -1.88. The molecule has 1 saturated heterocycles. The quantitative estimate of drug-likeness (QED) is 0.752. The molecule has 0 N–H and O–H groups in total. The van der Waals surface area contributed by atoms with Crippen molar-refractivity contribution in [3.63, 3.8) is 0 Å². The van der Waals surface area contributed by atoms with E-state index < -0.39 is 0 Å². The number of ether oxygens (including phenoxy) is 1. The fraction of sp³-hybridized carbons (Fsp3) is 0.579. The Kier molecular flexibility index (Phi) is 5.51. The largest absolute Gasteiger partial charge is 0.381 e. The average molecular weight is 330 g/mol. The molecule has 5 nitrogen and oxygen atoms in total. The third-order valence-electron chi connectivity index (χ3n) is 4.83. The van der Waals surface area contributed by atoms with E-state index >= 15 is 0 Å². The Labute approximate surface area is 143 Å². The van der Waals surface area contributed by atoms with Gasteiger partial charge in [0.05, 0.1) is 6.61 Å². The third kappa shape index (κ3) is 3.78. The number of rotatable bonds is 6. The van der Waals surface area contributed by atoms with Gasteiger partial charge in [0.1, 0.15) is 6.54 Å². The number of para-hydroxylation sites is 1. The average Bonchev–Trinajstić information content (AvgIpc) is 3.07. The normalized spacial score (nSPS) is 20.4. The monoisotopic (exact) mass is 330 g/mol. The highest BCUT2D eigenvalue weighted by Crippen LogP contribution is 2.27. The topological polar surface area (TPSA) is 49.9 Å². The molecule has 5 heteroatoms. The molecule has 2 amide bonds. The highest BCUT2D eigenvalue weighted by molar-refractivity contribution is 6.01. The number of carbonyl (C=O) groups excluding carboxylic acids is 2. The zero-order valence-corrected chi connectivity index (χ0v) is 14.4. The van der Waals surface area contributed by atoms with Crippen LogP contribution in [0.3, 0.4) is 0 Å². The summed E-state index contributed by atoms with van der Waals surface area (Å²) in [7, 11) is 0. The van der Waals surface area contributed by atoms with Crippen LogP contribution in [0, 0.1) is 5.92 Å². The van der Waals surface area contributed by atoms with Crippen LogP contribution in [0.25, 0.3) is 0 Å². The molecule has 0 bridgehead atoms. The van der Waals surface area contributed by atoms with E-state index in [9.17, 15) is 9.59 Å². The molecule has 0 aromatic heterocycles. The number of benzene rings is 1. The van der Waals surface area contributed by atoms with Gasteiger partial charge in [-0.2, -0.15) is 0 Å². The Balaban J connectivity index is 1.58. The second-order valence-corrected chi connectivity index (χ2v) is 6.68. The van der Waals surface area contributed by atoms with Gasteiger partial charge in [0.2, 0.25) is 11.8 Å². The van der Waals surface area contributed by atoms with Crippen LogP contribution in [0.4, 0.5) is 5.69 Å². The summed E-state index contributed by atoms with van der Waals surface area (Å²) >= 11 is 0. The van der Waals surface area contributed by atoms with Crippen molar-refractivity contribution < 1.29 is 14.3 Å². The fourth-order valence-electron chi connectivity index (χ4n) is 3.49. The molecule has 2 heterocycles. The third-order valence-corrected chi connectivity index (χ3v) is 4.83. The predicted molar refractivity (Wildman–Crippen MR) is 92.9 cm³/mol. The maximum absolute atomic E-state index is 12.6. The van der Waals surface area contributed by atoms with Crippen LogP contribution in [-0.2, 0) is 20.7 Å². The number of nitrogens with zero attached hydrogens (tertiary/aromatic N) is 2. The molecule has 1 aromatic rings. The fourth-order valence-corrected chi connectivity index (χ4v) is 3.49. The van der Waals surface area contributed by atoms with E-state index in [2.05, 4.69) is 6.92 Å². The minimum absolute atomic E-state index is 0.0399. The van der Waals surface area contributed by atoms with E-state index in [4.69, 9.17) is 4.74 Å². The molecule has 2 aliphatic heterocycles. The van der Waals surface area contributed by atoms with Crippen molar-refractivity contribution >= 4 is 17.5 Å². The standard InChI is InChI=1S/C19H26N2O3/c1-2-11-24-14-15-9-10-20(12-15)19(23)13-21-17-6-4-3-5-16(17)7-8-18(21)22/h3-6,15H,2,7-14H2,1H3/t15-/m0/s1. The summed E-state index contributed by atoms with van der Waals surface area (Å²) in [5.41, 5.74) is 2.04. The number of likely N-dealkylation sites (tertiary alicyclic amines) is 1. The summed E-state index contributed by atoms with van der Waals surface area (Å²) in [6.45, 7) is 5.26. The number of hydrogen-bond acceptors (Lipinski definition) is 3. The molecule has 130 valence electrons. The number of aryl methyl sites for hydroxylation is 1. The first kappa shape index (κ1) is 17.0. The lowest BCUT2D eigenvalue weighted by Gasteiger charge is -2.30. The van der Waals surface area contributed by atoms with Crippen LogP contribution < -0.4 is 4.90 Å².